The van der Waals surface area contributed by atoms with Crippen LogP contribution in [0.3, 0.4) is 0 Å². The van der Waals surface area contributed by atoms with Crippen molar-refractivity contribution in [2.45, 2.75) is 20.3 Å². The third-order valence-corrected chi connectivity index (χ3v) is 2.76. The van der Waals surface area contributed by atoms with Crippen molar-refractivity contribution in [3.63, 3.8) is 0 Å². The van der Waals surface area contributed by atoms with Gasteiger partial charge in [-0.05, 0) is 25.5 Å². The van der Waals surface area contributed by atoms with Gasteiger partial charge < -0.3 is 4.90 Å². The lowest BCUT2D eigenvalue weighted by Gasteiger charge is -2.23. The van der Waals surface area contributed by atoms with E-state index in [0.717, 1.165) is 18.7 Å². The molecule has 0 atom stereocenters. The highest BCUT2D eigenvalue weighted by Crippen LogP contribution is 2.25. The zero-order valence-electron chi connectivity index (χ0n) is 11.3. The first kappa shape index (κ1) is 14.9. The Balaban J connectivity index is 3.22. The van der Waals surface area contributed by atoms with Gasteiger partial charge in [0.05, 0.1) is 10.5 Å². The molecule has 0 saturated carbocycles. The smallest absolute Gasteiger partial charge is 0.280 e. The average Bonchev–Trinajstić information content (AvgIpc) is 2.37. The van der Waals surface area contributed by atoms with Crippen molar-refractivity contribution in [3.8, 4) is 0 Å². The summed E-state index contributed by atoms with van der Waals surface area (Å²) in [6.07, 6.45) is 2.71. The normalized spacial score (nSPS) is 10.0. The minimum Gasteiger partial charge on any atom is -0.368 e. The van der Waals surface area contributed by atoms with E-state index in [1.165, 1.54) is 13.0 Å². The summed E-state index contributed by atoms with van der Waals surface area (Å²) in [5, 5.41) is 10.9. The van der Waals surface area contributed by atoms with Crippen molar-refractivity contribution in [3.05, 3.63) is 46.5 Å². The third kappa shape index (κ3) is 3.64. The average molecular weight is 262 g/mol. The molecule has 5 nitrogen and oxygen atoms in total. The van der Waals surface area contributed by atoms with Crippen molar-refractivity contribution in [2.75, 3.05) is 18.0 Å². The van der Waals surface area contributed by atoms with E-state index in [1.807, 2.05) is 11.8 Å². The van der Waals surface area contributed by atoms with Crippen LogP contribution >= 0.6 is 0 Å². The second kappa shape index (κ2) is 6.68. The number of benzene rings is 1. The molecule has 1 aromatic rings. The Morgan fingerprint density at radius 2 is 2.21 bits per heavy atom. The van der Waals surface area contributed by atoms with Crippen molar-refractivity contribution in [2.24, 2.45) is 0 Å². The number of rotatable bonds is 7. The monoisotopic (exact) mass is 262 g/mol. The molecular weight excluding hydrogens is 244 g/mol. The van der Waals surface area contributed by atoms with E-state index >= 15 is 0 Å². The van der Waals surface area contributed by atoms with Gasteiger partial charge in [-0.15, -0.1) is 6.58 Å². The van der Waals surface area contributed by atoms with Crippen LogP contribution in [0.2, 0.25) is 0 Å². The zero-order chi connectivity index (χ0) is 14.4. The van der Waals surface area contributed by atoms with Gasteiger partial charge in [0, 0.05) is 24.8 Å². The minimum atomic E-state index is -0.530. The van der Waals surface area contributed by atoms with Gasteiger partial charge in [-0.2, -0.15) is 0 Å². The Kier molecular flexibility index (Phi) is 5.23. The summed E-state index contributed by atoms with van der Waals surface area (Å²) in [5.74, 6) is -0.302. The number of carbonyl (C=O) groups is 1. The molecule has 0 bridgehead atoms. The van der Waals surface area contributed by atoms with Gasteiger partial charge in [0.2, 0.25) is 0 Å². The van der Waals surface area contributed by atoms with Crippen molar-refractivity contribution in [1.29, 1.82) is 0 Å². The number of carbonyl (C=O) groups excluding carboxylic acids is 1. The molecule has 102 valence electrons. The Bertz CT molecular complexity index is 497. The van der Waals surface area contributed by atoms with Gasteiger partial charge in [-0.3, -0.25) is 14.9 Å². The number of ketones is 1. The van der Waals surface area contributed by atoms with Gasteiger partial charge in [0.25, 0.3) is 5.69 Å². The third-order valence-electron chi connectivity index (χ3n) is 2.76. The molecule has 0 saturated heterocycles. The van der Waals surface area contributed by atoms with Gasteiger partial charge >= 0.3 is 0 Å². The summed E-state index contributed by atoms with van der Waals surface area (Å²) in [7, 11) is 0. The highest BCUT2D eigenvalue weighted by atomic mass is 16.6. The van der Waals surface area contributed by atoms with Gasteiger partial charge in [0.1, 0.15) is 0 Å². The van der Waals surface area contributed by atoms with E-state index in [2.05, 4.69) is 6.58 Å². The number of anilines is 1. The Morgan fingerprint density at radius 3 is 2.68 bits per heavy atom. The van der Waals surface area contributed by atoms with E-state index in [-0.39, 0.29) is 17.0 Å². The molecular formula is C14H18N2O3. The van der Waals surface area contributed by atoms with Crippen LogP contribution in [-0.2, 0) is 0 Å². The van der Waals surface area contributed by atoms with Crippen LogP contribution in [0.25, 0.3) is 0 Å². The summed E-state index contributed by atoms with van der Waals surface area (Å²) in [6.45, 7) is 8.53. The molecule has 0 amide bonds. The van der Waals surface area contributed by atoms with Crippen LogP contribution in [0.5, 0.6) is 0 Å². The van der Waals surface area contributed by atoms with Gasteiger partial charge in [0.15, 0.2) is 5.78 Å². The second-order valence-electron chi connectivity index (χ2n) is 4.25. The van der Waals surface area contributed by atoms with Crippen molar-refractivity contribution < 1.29 is 9.72 Å². The maximum absolute atomic E-state index is 11.5. The first-order chi connectivity index (χ1) is 9.01. The summed E-state index contributed by atoms with van der Waals surface area (Å²) in [5.41, 5.74) is 0.802. The Morgan fingerprint density at radius 1 is 1.53 bits per heavy atom. The van der Waals surface area contributed by atoms with Gasteiger partial charge in [-0.25, -0.2) is 0 Å². The highest BCUT2D eigenvalue weighted by molar-refractivity contribution is 5.99. The Hall–Kier alpha value is -2.17. The first-order valence-corrected chi connectivity index (χ1v) is 6.16. The quantitative estimate of drug-likeness (QED) is 0.327. The molecule has 0 radical (unpaired) electrons. The number of Topliss-reactive ketones (excluding diaryl/α,β-unsaturated/α-hetero) is 1. The molecule has 5 heteroatoms. The molecule has 0 heterocycles. The predicted octanol–water partition coefficient (Wildman–Crippen LogP) is 3.20. The zero-order valence-corrected chi connectivity index (χ0v) is 11.3. The number of nitro benzene ring substituents is 1. The predicted molar refractivity (Wildman–Crippen MR) is 75.8 cm³/mol. The second-order valence-corrected chi connectivity index (χ2v) is 4.25. The highest BCUT2D eigenvalue weighted by Gasteiger charge is 2.19. The number of hydrogen-bond donors (Lipinski definition) is 0. The molecule has 0 aliphatic carbocycles. The topological polar surface area (TPSA) is 63.4 Å². The van der Waals surface area contributed by atoms with E-state index in [1.54, 1.807) is 18.2 Å². The lowest BCUT2D eigenvalue weighted by Crippen LogP contribution is -2.24. The molecule has 0 unspecified atom stereocenters. The molecule has 1 aromatic carbocycles. The lowest BCUT2D eigenvalue weighted by molar-refractivity contribution is -0.385. The summed E-state index contributed by atoms with van der Waals surface area (Å²) >= 11 is 0. The first-order valence-electron chi connectivity index (χ1n) is 6.16. The summed E-state index contributed by atoms with van der Waals surface area (Å²) in [4.78, 5) is 23.9. The van der Waals surface area contributed by atoms with E-state index in [9.17, 15) is 14.9 Å². The maximum Gasteiger partial charge on any atom is 0.280 e. The van der Waals surface area contributed by atoms with E-state index < -0.39 is 4.92 Å². The van der Waals surface area contributed by atoms with Crippen LogP contribution in [0.4, 0.5) is 11.4 Å². The van der Waals surface area contributed by atoms with E-state index in [4.69, 9.17) is 0 Å². The SMILES string of the molecule is C=CCN(CCC)c1ccc([N+](=O)[O-])c(C(C)=O)c1. The van der Waals surface area contributed by atoms with Gasteiger partial charge in [-0.1, -0.05) is 13.0 Å². The Labute approximate surface area is 112 Å². The van der Waals surface area contributed by atoms with Crippen LogP contribution < -0.4 is 4.90 Å². The number of nitro groups is 1. The van der Waals surface area contributed by atoms with Crippen molar-refractivity contribution >= 4 is 17.2 Å². The molecule has 19 heavy (non-hydrogen) atoms. The van der Waals surface area contributed by atoms with E-state index in [0.29, 0.717) is 6.54 Å². The van der Waals surface area contributed by atoms with Crippen LogP contribution in [0.15, 0.2) is 30.9 Å². The molecule has 0 aliphatic heterocycles. The van der Waals surface area contributed by atoms with Crippen LogP contribution in [-0.4, -0.2) is 23.8 Å². The lowest BCUT2D eigenvalue weighted by atomic mass is 10.1. The molecule has 1 rings (SSSR count). The number of nitrogens with zero attached hydrogens (tertiary/aromatic N) is 2. The summed E-state index contributed by atoms with van der Waals surface area (Å²) in [6, 6.07) is 4.64. The molecule has 0 fully saturated rings. The molecule has 0 N–H and O–H groups in total. The minimum absolute atomic E-state index is 0.146. The molecule has 0 aliphatic rings. The van der Waals surface area contributed by atoms with Crippen LogP contribution in [0.1, 0.15) is 30.6 Å². The fourth-order valence-electron chi connectivity index (χ4n) is 1.91. The van der Waals surface area contributed by atoms with Crippen LogP contribution in [0, 0.1) is 10.1 Å². The largest absolute Gasteiger partial charge is 0.368 e. The standard InChI is InChI=1S/C14H18N2O3/c1-4-8-15(9-5-2)12-6-7-14(16(18)19)13(10-12)11(3)17/h4,6-7,10H,1,5,8-9H2,2-3H3. The molecule has 0 spiro atoms. The fourth-order valence-corrected chi connectivity index (χ4v) is 1.91. The number of hydrogen-bond acceptors (Lipinski definition) is 4. The molecule has 0 aromatic heterocycles. The fraction of sp³-hybridized carbons (Fsp3) is 0.357. The summed E-state index contributed by atoms with van der Waals surface area (Å²) < 4.78 is 0. The maximum atomic E-state index is 11.5. The van der Waals surface area contributed by atoms with Crippen molar-refractivity contribution in [1.82, 2.24) is 0 Å².